The van der Waals surface area contributed by atoms with Crippen LogP contribution in [-0.4, -0.2) is 25.8 Å². The van der Waals surface area contributed by atoms with Gasteiger partial charge in [-0.25, -0.2) is 0 Å². The molecule has 0 aromatic carbocycles. The van der Waals surface area contributed by atoms with Crippen molar-refractivity contribution in [3.05, 3.63) is 0 Å². The average Bonchev–Trinajstić information content (AvgIpc) is 2.16. The van der Waals surface area contributed by atoms with E-state index in [0.29, 0.717) is 12.6 Å². The SMILES string of the molecule is C#CCNC(C)CC1CCOCC1. The minimum absolute atomic E-state index is 0.541. The molecule has 74 valence electrons. The van der Waals surface area contributed by atoms with Gasteiger partial charge in [0.25, 0.3) is 0 Å². The standard InChI is InChI=1S/C11H19NO/c1-3-6-12-10(2)9-11-4-7-13-8-5-11/h1,10-12H,4-9H2,2H3. The zero-order valence-corrected chi connectivity index (χ0v) is 8.38. The monoisotopic (exact) mass is 181 g/mol. The van der Waals surface area contributed by atoms with Gasteiger partial charge in [0.05, 0.1) is 6.54 Å². The lowest BCUT2D eigenvalue weighted by molar-refractivity contribution is 0.0613. The van der Waals surface area contributed by atoms with E-state index in [2.05, 4.69) is 18.2 Å². The third-order valence-electron chi connectivity index (χ3n) is 2.58. The van der Waals surface area contributed by atoms with Crippen LogP contribution in [-0.2, 0) is 4.74 Å². The van der Waals surface area contributed by atoms with E-state index < -0.39 is 0 Å². The predicted molar refractivity (Wildman–Crippen MR) is 54.5 cm³/mol. The Morgan fingerprint density at radius 1 is 1.54 bits per heavy atom. The first kappa shape index (κ1) is 10.6. The fourth-order valence-electron chi connectivity index (χ4n) is 1.80. The third-order valence-corrected chi connectivity index (χ3v) is 2.58. The molecule has 0 saturated carbocycles. The molecule has 1 heterocycles. The summed E-state index contributed by atoms with van der Waals surface area (Å²) in [5, 5.41) is 3.30. The Kier molecular flexibility index (Phi) is 4.88. The van der Waals surface area contributed by atoms with Crippen molar-refractivity contribution in [2.75, 3.05) is 19.8 Å². The quantitative estimate of drug-likeness (QED) is 0.662. The van der Waals surface area contributed by atoms with Crippen molar-refractivity contribution < 1.29 is 4.74 Å². The molecular weight excluding hydrogens is 162 g/mol. The molecule has 1 aliphatic rings. The molecule has 0 aromatic rings. The molecule has 1 atom stereocenters. The van der Waals surface area contributed by atoms with Gasteiger partial charge < -0.3 is 10.1 Å². The fraction of sp³-hybridized carbons (Fsp3) is 0.818. The van der Waals surface area contributed by atoms with Gasteiger partial charge in [0.1, 0.15) is 0 Å². The molecule has 0 radical (unpaired) electrons. The zero-order valence-electron chi connectivity index (χ0n) is 8.38. The first-order chi connectivity index (χ1) is 6.33. The first-order valence-corrected chi connectivity index (χ1v) is 5.07. The van der Waals surface area contributed by atoms with Crippen molar-refractivity contribution in [2.24, 2.45) is 5.92 Å². The van der Waals surface area contributed by atoms with Crippen LogP contribution >= 0.6 is 0 Å². The lowest BCUT2D eigenvalue weighted by Crippen LogP contribution is -2.30. The third kappa shape index (κ3) is 4.31. The van der Waals surface area contributed by atoms with E-state index in [9.17, 15) is 0 Å². The molecule has 0 spiro atoms. The molecule has 0 bridgehead atoms. The number of ether oxygens (including phenoxy) is 1. The van der Waals surface area contributed by atoms with E-state index in [4.69, 9.17) is 11.2 Å². The summed E-state index contributed by atoms with van der Waals surface area (Å²) in [5.41, 5.74) is 0. The summed E-state index contributed by atoms with van der Waals surface area (Å²) in [7, 11) is 0. The van der Waals surface area contributed by atoms with E-state index >= 15 is 0 Å². The highest BCUT2D eigenvalue weighted by Crippen LogP contribution is 2.19. The van der Waals surface area contributed by atoms with Crippen LogP contribution in [0.1, 0.15) is 26.2 Å². The number of terminal acetylenes is 1. The lowest BCUT2D eigenvalue weighted by atomic mass is 9.93. The normalized spacial score (nSPS) is 20.9. The molecule has 1 N–H and O–H groups in total. The molecule has 0 amide bonds. The minimum atomic E-state index is 0.541. The second-order valence-corrected chi connectivity index (χ2v) is 3.78. The Labute approximate surface area is 81.0 Å². The van der Waals surface area contributed by atoms with Crippen molar-refractivity contribution in [1.82, 2.24) is 5.32 Å². The van der Waals surface area contributed by atoms with Crippen molar-refractivity contribution in [3.63, 3.8) is 0 Å². The topological polar surface area (TPSA) is 21.3 Å². The molecule has 0 aliphatic carbocycles. The van der Waals surface area contributed by atoms with E-state index in [1.54, 1.807) is 0 Å². The maximum absolute atomic E-state index is 5.31. The molecule has 2 nitrogen and oxygen atoms in total. The highest BCUT2D eigenvalue weighted by atomic mass is 16.5. The molecule has 1 saturated heterocycles. The molecular formula is C11H19NO. The Bertz CT molecular complexity index is 167. The van der Waals surface area contributed by atoms with Crippen LogP contribution in [0.5, 0.6) is 0 Å². The second-order valence-electron chi connectivity index (χ2n) is 3.78. The average molecular weight is 181 g/mol. The smallest absolute Gasteiger partial charge is 0.0575 e. The Hall–Kier alpha value is -0.520. The molecule has 2 heteroatoms. The van der Waals surface area contributed by atoms with E-state index in [0.717, 1.165) is 19.1 Å². The number of hydrogen-bond acceptors (Lipinski definition) is 2. The van der Waals surface area contributed by atoms with Gasteiger partial charge >= 0.3 is 0 Å². The van der Waals surface area contributed by atoms with Gasteiger partial charge in [0, 0.05) is 19.3 Å². The minimum Gasteiger partial charge on any atom is -0.381 e. The van der Waals surface area contributed by atoms with Crippen LogP contribution in [0, 0.1) is 18.3 Å². The largest absolute Gasteiger partial charge is 0.381 e. The summed E-state index contributed by atoms with van der Waals surface area (Å²) < 4.78 is 5.31. The van der Waals surface area contributed by atoms with Crippen molar-refractivity contribution in [2.45, 2.75) is 32.2 Å². The van der Waals surface area contributed by atoms with Crippen molar-refractivity contribution in [3.8, 4) is 12.3 Å². The lowest BCUT2D eigenvalue weighted by Gasteiger charge is -2.24. The summed E-state index contributed by atoms with van der Waals surface area (Å²) in [6.45, 7) is 4.76. The number of hydrogen-bond donors (Lipinski definition) is 1. The maximum atomic E-state index is 5.31. The summed E-state index contributed by atoms with van der Waals surface area (Å²) in [6.07, 6.45) is 8.83. The molecule has 13 heavy (non-hydrogen) atoms. The van der Waals surface area contributed by atoms with Crippen LogP contribution in [0.3, 0.4) is 0 Å². The number of rotatable bonds is 4. The van der Waals surface area contributed by atoms with Crippen LogP contribution in [0.2, 0.25) is 0 Å². The summed E-state index contributed by atoms with van der Waals surface area (Å²) in [5.74, 6) is 3.43. The van der Waals surface area contributed by atoms with Crippen molar-refractivity contribution >= 4 is 0 Å². The van der Waals surface area contributed by atoms with Crippen LogP contribution in [0.15, 0.2) is 0 Å². The Balaban J connectivity index is 2.11. The van der Waals surface area contributed by atoms with Gasteiger partial charge in [0.2, 0.25) is 0 Å². The first-order valence-electron chi connectivity index (χ1n) is 5.07. The Morgan fingerprint density at radius 3 is 2.85 bits per heavy atom. The van der Waals surface area contributed by atoms with Gasteiger partial charge in [-0.05, 0) is 32.1 Å². The van der Waals surface area contributed by atoms with Gasteiger partial charge in [-0.15, -0.1) is 6.42 Å². The van der Waals surface area contributed by atoms with Crippen LogP contribution < -0.4 is 5.32 Å². The molecule has 1 aliphatic heterocycles. The maximum Gasteiger partial charge on any atom is 0.0575 e. The second kappa shape index (κ2) is 6.01. The van der Waals surface area contributed by atoms with E-state index in [-0.39, 0.29) is 0 Å². The summed E-state index contributed by atoms with van der Waals surface area (Å²) in [6, 6.07) is 0.541. The van der Waals surface area contributed by atoms with Gasteiger partial charge in [-0.2, -0.15) is 0 Å². The number of nitrogens with one attached hydrogen (secondary N) is 1. The van der Waals surface area contributed by atoms with Crippen LogP contribution in [0.25, 0.3) is 0 Å². The molecule has 0 aromatic heterocycles. The van der Waals surface area contributed by atoms with Gasteiger partial charge in [0.15, 0.2) is 0 Å². The van der Waals surface area contributed by atoms with Crippen molar-refractivity contribution in [1.29, 1.82) is 0 Å². The van der Waals surface area contributed by atoms with Gasteiger partial charge in [-0.3, -0.25) is 0 Å². The predicted octanol–water partition coefficient (Wildman–Crippen LogP) is 1.41. The van der Waals surface area contributed by atoms with Gasteiger partial charge in [-0.1, -0.05) is 5.92 Å². The zero-order chi connectivity index (χ0) is 9.52. The summed E-state index contributed by atoms with van der Waals surface area (Å²) in [4.78, 5) is 0. The Morgan fingerprint density at radius 2 is 2.23 bits per heavy atom. The van der Waals surface area contributed by atoms with E-state index in [1.165, 1.54) is 19.3 Å². The molecule has 1 rings (SSSR count). The fourth-order valence-corrected chi connectivity index (χ4v) is 1.80. The summed E-state index contributed by atoms with van der Waals surface area (Å²) >= 11 is 0. The van der Waals surface area contributed by atoms with Crippen LogP contribution in [0.4, 0.5) is 0 Å². The molecule has 1 unspecified atom stereocenters. The highest BCUT2D eigenvalue weighted by molar-refractivity contribution is 4.87. The highest BCUT2D eigenvalue weighted by Gasteiger charge is 2.15. The molecule has 1 fully saturated rings. The van der Waals surface area contributed by atoms with E-state index in [1.807, 2.05) is 0 Å².